The van der Waals surface area contributed by atoms with Gasteiger partial charge in [-0.25, -0.2) is 9.37 Å². The number of imidazole rings is 1. The van der Waals surface area contributed by atoms with Crippen molar-refractivity contribution in [2.24, 2.45) is 0 Å². The highest BCUT2D eigenvalue weighted by Crippen LogP contribution is 2.30. The van der Waals surface area contributed by atoms with Crippen molar-refractivity contribution in [3.63, 3.8) is 0 Å². The molecule has 128 valence electrons. The summed E-state index contributed by atoms with van der Waals surface area (Å²) in [5, 5.41) is 6.88. The van der Waals surface area contributed by atoms with Gasteiger partial charge in [0.05, 0.1) is 12.4 Å². The van der Waals surface area contributed by atoms with E-state index in [1.54, 1.807) is 30.7 Å². The fourth-order valence-corrected chi connectivity index (χ4v) is 3.31. The van der Waals surface area contributed by atoms with Crippen molar-refractivity contribution in [1.82, 2.24) is 20.0 Å². The second-order valence-corrected chi connectivity index (χ2v) is 6.17. The Hall–Kier alpha value is -2.96. The second-order valence-electron chi connectivity index (χ2n) is 6.17. The van der Waals surface area contributed by atoms with E-state index in [-0.39, 0.29) is 29.5 Å². The van der Waals surface area contributed by atoms with Gasteiger partial charge in [-0.3, -0.25) is 4.79 Å². The molecule has 0 unspecified atom stereocenters. The summed E-state index contributed by atoms with van der Waals surface area (Å²) in [5.74, 6) is -0.162. The normalized spacial score (nSPS) is 19.9. The molecular formula is C18H17FN4O2. The Morgan fingerprint density at radius 2 is 2.12 bits per heavy atom. The van der Waals surface area contributed by atoms with Gasteiger partial charge in [0, 0.05) is 30.1 Å². The number of nitrogens with zero attached hydrogens (tertiary/aromatic N) is 3. The van der Waals surface area contributed by atoms with Crippen molar-refractivity contribution in [3.05, 3.63) is 60.6 Å². The molecule has 1 fully saturated rings. The van der Waals surface area contributed by atoms with Gasteiger partial charge < -0.3 is 14.4 Å². The molecule has 1 N–H and O–H groups in total. The molecule has 0 saturated heterocycles. The number of rotatable bonds is 4. The Kier molecular flexibility index (Phi) is 4.05. The van der Waals surface area contributed by atoms with E-state index in [1.165, 1.54) is 12.1 Å². The van der Waals surface area contributed by atoms with Gasteiger partial charge in [-0.05, 0) is 43.5 Å². The minimum Gasteiger partial charge on any atom is -0.355 e. The molecule has 2 heterocycles. The van der Waals surface area contributed by atoms with Gasteiger partial charge in [0.25, 0.3) is 5.91 Å². The highest BCUT2D eigenvalue weighted by Gasteiger charge is 2.30. The summed E-state index contributed by atoms with van der Waals surface area (Å²) in [7, 11) is 0. The summed E-state index contributed by atoms with van der Waals surface area (Å²) in [6.45, 7) is 0. The van der Waals surface area contributed by atoms with E-state index in [0.717, 1.165) is 19.3 Å². The smallest absolute Gasteiger partial charge is 0.273 e. The van der Waals surface area contributed by atoms with Crippen LogP contribution in [0.4, 0.5) is 4.39 Å². The van der Waals surface area contributed by atoms with Gasteiger partial charge in [-0.2, -0.15) is 0 Å². The van der Waals surface area contributed by atoms with Crippen molar-refractivity contribution < 1.29 is 13.7 Å². The van der Waals surface area contributed by atoms with Crippen LogP contribution in [0.25, 0.3) is 11.3 Å². The van der Waals surface area contributed by atoms with E-state index >= 15 is 0 Å². The van der Waals surface area contributed by atoms with Crippen LogP contribution in [0.15, 0.2) is 53.6 Å². The maximum Gasteiger partial charge on any atom is 0.273 e. The fourth-order valence-electron chi connectivity index (χ4n) is 3.31. The molecule has 1 aromatic carbocycles. The van der Waals surface area contributed by atoms with Crippen molar-refractivity contribution in [1.29, 1.82) is 0 Å². The van der Waals surface area contributed by atoms with Crippen LogP contribution in [0.1, 0.15) is 35.8 Å². The Morgan fingerprint density at radius 3 is 2.88 bits per heavy atom. The predicted molar refractivity (Wildman–Crippen MR) is 88.3 cm³/mol. The van der Waals surface area contributed by atoms with Gasteiger partial charge in [-0.1, -0.05) is 5.16 Å². The Bertz CT molecular complexity index is 858. The Morgan fingerprint density at radius 1 is 1.28 bits per heavy atom. The van der Waals surface area contributed by atoms with E-state index in [0.29, 0.717) is 11.3 Å². The highest BCUT2D eigenvalue weighted by atomic mass is 19.1. The number of carbonyl (C=O) groups excluding carboxylic acids is 1. The van der Waals surface area contributed by atoms with Crippen LogP contribution < -0.4 is 5.32 Å². The van der Waals surface area contributed by atoms with Crippen LogP contribution in [-0.4, -0.2) is 26.7 Å². The van der Waals surface area contributed by atoms with Crippen LogP contribution in [0.2, 0.25) is 0 Å². The Balaban J connectivity index is 1.47. The van der Waals surface area contributed by atoms with Gasteiger partial charge in [0.1, 0.15) is 5.82 Å². The summed E-state index contributed by atoms with van der Waals surface area (Å²) in [6, 6.07) is 7.66. The van der Waals surface area contributed by atoms with E-state index in [2.05, 4.69) is 15.5 Å². The minimum absolute atomic E-state index is 0.0349. The maximum absolute atomic E-state index is 13.0. The van der Waals surface area contributed by atoms with Gasteiger partial charge in [0.15, 0.2) is 11.5 Å². The molecule has 2 atom stereocenters. The molecule has 0 radical (unpaired) electrons. The first-order chi connectivity index (χ1) is 12.2. The topological polar surface area (TPSA) is 73.0 Å². The van der Waals surface area contributed by atoms with Gasteiger partial charge >= 0.3 is 0 Å². The number of carbonyl (C=O) groups is 1. The summed E-state index contributed by atoms with van der Waals surface area (Å²) < 4.78 is 20.3. The lowest BCUT2D eigenvalue weighted by molar-refractivity contribution is 0.0919. The summed E-state index contributed by atoms with van der Waals surface area (Å²) in [4.78, 5) is 16.6. The van der Waals surface area contributed by atoms with E-state index in [9.17, 15) is 9.18 Å². The SMILES string of the molecule is O=C(N[C@@H]1CCC[C@@H]1n1ccnc1)c1cc(-c2ccc(F)cc2)on1. The molecule has 3 aromatic rings. The van der Waals surface area contributed by atoms with Crippen molar-refractivity contribution in [2.75, 3.05) is 0 Å². The minimum atomic E-state index is -0.326. The number of nitrogens with one attached hydrogen (secondary N) is 1. The quantitative estimate of drug-likeness (QED) is 0.791. The summed E-state index contributed by atoms with van der Waals surface area (Å²) in [6.07, 6.45) is 8.39. The third kappa shape index (κ3) is 3.17. The van der Waals surface area contributed by atoms with E-state index < -0.39 is 0 Å². The lowest BCUT2D eigenvalue weighted by atomic mass is 10.1. The molecule has 6 nitrogen and oxygen atoms in total. The van der Waals surface area contributed by atoms with Crippen LogP contribution in [-0.2, 0) is 0 Å². The molecule has 1 aliphatic carbocycles. The first kappa shape index (κ1) is 15.6. The first-order valence-electron chi connectivity index (χ1n) is 8.21. The number of hydrogen-bond acceptors (Lipinski definition) is 4. The van der Waals surface area contributed by atoms with Crippen LogP contribution in [0.3, 0.4) is 0 Å². The van der Waals surface area contributed by atoms with Crippen LogP contribution in [0, 0.1) is 5.82 Å². The zero-order valence-corrected chi connectivity index (χ0v) is 13.4. The lowest BCUT2D eigenvalue weighted by Gasteiger charge is -2.21. The Labute approximate surface area is 143 Å². The third-order valence-corrected chi connectivity index (χ3v) is 4.58. The monoisotopic (exact) mass is 340 g/mol. The van der Waals surface area contributed by atoms with Gasteiger partial charge in [0.2, 0.25) is 0 Å². The summed E-state index contributed by atoms with van der Waals surface area (Å²) in [5.41, 5.74) is 0.890. The number of benzene rings is 1. The van der Waals surface area contributed by atoms with Crippen molar-refractivity contribution >= 4 is 5.91 Å². The van der Waals surface area contributed by atoms with Crippen molar-refractivity contribution in [3.8, 4) is 11.3 Å². The molecule has 2 aromatic heterocycles. The molecule has 0 spiro atoms. The number of amides is 1. The first-order valence-corrected chi connectivity index (χ1v) is 8.21. The zero-order chi connectivity index (χ0) is 17.2. The maximum atomic E-state index is 13.0. The molecule has 4 rings (SSSR count). The van der Waals surface area contributed by atoms with Crippen LogP contribution in [0.5, 0.6) is 0 Å². The molecule has 1 saturated carbocycles. The standard InChI is InChI=1S/C18H17FN4O2/c19-13-6-4-12(5-7-13)17-10-15(22-25-17)18(24)21-14-2-1-3-16(14)23-9-8-20-11-23/h4-11,14,16H,1-3H2,(H,21,24)/t14-,16+/m1/s1. The van der Waals surface area contributed by atoms with E-state index in [4.69, 9.17) is 4.52 Å². The number of halogens is 1. The van der Waals surface area contributed by atoms with E-state index in [1.807, 2.05) is 10.8 Å². The predicted octanol–water partition coefficient (Wildman–Crippen LogP) is 3.20. The largest absolute Gasteiger partial charge is 0.355 e. The molecular weight excluding hydrogens is 323 g/mol. The molecule has 7 heteroatoms. The van der Waals surface area contributed by atoms with Crippen LogP contribution >= 0.6 is 0 Å². The molecule has 1 amide bonds. The number of hydrogen-bond donors (Lipinski definition) is 1. The highest BCUT2D eigenvalue weighted by molar-refractivity contribution is 5.93. The molecule has 0 bridgehead atoms. The molecule has 1 aliphatic rings. The molecule has 25 heavy (non-hydrogen) atoms. The van der Waals surface area contributed by atoms with Crippen molar-refractivity contribution in [2.45, 2.75) is 31.3 Å². The zero-order valence-electron chi connectivity index (χ0n) is 13.4. The second kappa shape index (κ2) is 6.51. The third-order valence-electron chi connectivity index (χ3n) is 4.58. The average Bonchev–Trinajstić information content (AvgIpc) is 3.36. The fraction of sp³-hybridized carbons (Fsp3) is 0.278. The lowest BCUT2D eigenvalue weighted by Crippen LogP contribution is -2.38. The molecule has 0 aliphatic heterocycles. The number of aromatic nitrogens is 3. The van der Waals surface area contributed by atoms with Gasteiger partial charge in [-0.15, -0.1) is 0 Å². The average molecular weight is 340 g/mol. The summed E-state index contributed by atoms with van der Waals surface area (Å²) >= 11 is 0.